The molecule has 9 nitrogen and oxygen atoms in total. The highest BCUT2D eigenvalue weighted by atomic mass is 16.7. The van der Waals surface area contributed by atoms with Gasteiger partial charge in [0, 0.05) is 18.1 Å². The van der Waals surface area contributed by atoms with Crippen LogP contribution in [0.1, 0.15) is 6.42 Å². The Balaban J connectivity index is 2.41. The van der Waals surface area contributed by atoms with Crippen LogP contribution in [0.3, 0.4) is 0 Å². The average Bonchev–Trinajstić information content (AvgIpc) is 2.38. The van der Waals surface area contributed by atoms with Crippen LogP contribution in [0.25, 0.3) is 10.4 Å². The summed E-state index contributed by atoms with van der Waals surface area (Å²) in [6.45, 7) is -0.0981. The predicted molar refractivity (Wildman–Crippen MR) is 58.3 cm³/mol. The van der Waals surface area contributed by atoms with Crippen molar-refractivity contribution in [2.24, 2.45) is 5.11 Å². The van der Waals surface area contributed by atoms with Crippen molar-refractivity contribution < 1.29 is 29.9 Å². The topological polar surface area (TPSA) is 148 Å². The van der Waals surface area contributed by atoms with Crippen LogP contribution in [0, 0.1) is 0 Å². The van der Waals surface area contributed by atoms with E-state index in [2.05, 4.69) is 10.0 Å². The van der Waals surface area contributed by atoms with Crippen molar-refractivity contribution in [3.05, 3.63) is 10.4 Å². The van der Waals surface area contributed by atoms with Crippen LogP contribution in [0.4, 0.5) is 0 Å². The van der Waals surface area contributed by atoms with Gasteiger partial charge in [0.15, 0.2) is 6.29 Å². The maximum Gasteiger partial charge on any atom is 0.186 e. The number of hydrogen-bond acceptors (Lipinski definition) is 7. The summed E-state index contributed by atoms with van der Waals surface area (Å²) < 4.78 is 10.3. The van der Waals surface area contributed by atoms with E-state index in [4.69, 9.17) is 20.1 Å². The second kappa shape index (κ2) is 7.49. The molecule has 9 heteroatoms. The van der Waals surface area contributed by atoms with Crippen LogP contribution in [-0.2, 0) is 9.47 Å². The summed E-state index contributed by atoms with van der Waals surface area (Å²) in [4.78, 5) is 2.56. The highest BCUT2D eigenvalue weighted by Crippen LogP contribution is 2.21. The minimum atomic E-state index is -1.45. The SMILES string of the molecule is [N-]=[N+]=NCCCOC1O[C@H](CO)[C@H](O)[C@H](O)[C@H]1O. The molecule has 0 saturated carbocycles. The van der Waals surface area contributed by atoms with E-state index in [-0.39, 0.29) is 13.2 Å². The number of azide groups is 1. The lowest BCUT2D eigenvalue weighted by Gasteiger charge is -2.39. The molecule has 0 aromatic rings. The minimum Gasteiger partial charge on any atom is -0.394 e. The van der Waals surface area contributed by atoms with Gasteiger partial charge in [0.1, 0.15) is 24.4 Å². The third-order valence-electron chi connectivity index (χ3n) is 2.60. The third-order valence-corrected chi connectivity index (χ3v) is 2.60. The van der Waals surface area contributed by atoms with Crippen molar-refractivity contribution in [3.63, 3.8) is 0 Å². The lowest BCUT2D eigenvalue weighted by Crippen LogP contribution is -2.59. The van der Waals surface area contributed by atoms with Crippen molar-refractivity contribution >= 4 is 0 Å². The minimum absolute atomic E-state index is 0.154. The fraction of sp³-hybridized carbons (Fsp3) is 1.00. The quantitative estimate of drug-likeness (QED) is 0.198. The van der Waals surface area contributed by atoms with Gasteiger partial charge in [0.2, 0.25) is 0 Å². The van der Waals surface area contributed by atoms with Crippen molar-refractivity contribution in [1.29, 1.82) is 0 Å². The Labute approximate surface area is 103 Å². The van der Waals surface area contributed by atoms with Gasteiger partial charge in [0.25, 0.3) is 0 Å². The van der Waals surface area contributed by atoms with Gasteiger partial charge in [-0.05, 0) is 12.0 Å². The molecule has 0 aromatic heterocycles. The Hall–Kier alpha value is -0.930. The van der Waals surface area contributed by atoms with Crippen LogP contribution < -0.4 is 0 Å². The maximum absolute atomic E-state index is 9.60. The second-order valence-corrected chi connectivity index (χ2v) is 3.88. The number of aliphatic hydroxyl groups is 4. The summed E-state index contributed by atoms with van der Waals surface area (Å²) in [5, 5.41) is 40.8. The first-order valence-corrected chi connectivity index (χ1v) is 5.54. The first-order chi connectivity index (χ1) is 8.61. The fourth-order valence-electron chi connectivity index (χ4n) is 1.58. The summed E-state index contributed by atoms with van der Waals surface area (Å²) in [5.74, 6) is 0. The van der Waals surface area contributed by atoms with Crippen molar-refractivity contribution in [2.75, 3.05) is 19.8 Å². The average molecular weight is 263 g/mol. The number of nitrogens with zero attached hydrogens (tertiary/aromatic N) is 3. The van der Waals surface area contributed by atoms with Gasteiger partial charge >= 0.3 is 0 Å². The molecule has 1 rings (SSSR count). The van der Waals surface area contributed by atoms with Crippen molar-refractivity contribution in [3.8, 4) is 0 Å². The standard InChI is InChI=1S/C9H17N3O6/c10-12-11-2-1-3-17-9-8(16)7(15)6(14)5(4-13)18-9/h5-9,13-16H,1-4H2/t5-,6+,7+,8-,9?/m1/s1. The molecule has 0 amide bonds. The Morgan fingerprint density at radius 2 is 1.94 bits per heavy atom. The molecule has 1 aliphatic rings. The monoisotopic (exact) mass is 263 g/mol. The first-order valence-electron chi connectivity index (χ1n) is 5.54. The molecular formula is C9H17N3O6. The molecule has 1 fully saturated rings. The van der Waals surface area contributed by atoms with E-state index in [1.807, 2.05) is 0 Å². The molecule has 0 radical (unpaired) electrons. The summed E-state index contributed by atoms with van der Waals surface area (Å²) in [6.07, 6.45) is -5.93. The number of aliphatic hydroxyl groups excluding tert-OH is 4. The molecule has 4 N–H and O–H groups in total. The normalized spacial score (nSPS) is 36.1. The molecule has 0 spiro atoms. The van der Waals surface area contributed by atoms with Crippen LogP contribution in [0.2, 0.25) is 0 Å². The van der Waals surface area contributed by atoms with Crippen LogP contribution in [-0.4, -0.2) is 70.9 Å². The third kappa shape index (κ3) is 3.79. The van der Waals surface area contributed by atoms with Gasteiger partial charge in [-0.15, -0.1) is 0 Å². The van der Waals surface area contributed by atoms with Crippen molar-refractivity contribution in [2.45, 2.75) is 37.1 Å². The highest BCUT2D eigenvalue weighted by molar-refractivity contribution is 4.88. The summed E-state index contributed by atoms with van der Waals surface area (Å²) in [6, 6.07) is 0. The molecular weight excluding hydrogens is 246 g/mol. The Morgan fingerprint density at radius 1 is 1.22 bits per heavy atom. The van der Waals surface area contributed by atoms with E-state index in [1.54, 1.807) is 0 Å². The molecule has 1 saturated heterocycles. The van der Waals surface area contributed by atoms with Crippen LogP contribution in [0.15, 0.2) is 5.11 Å². The molecule has 0 aromatic carbocycles. The van der Waals surface area contributed by atoms with E-state index in [9.17, 15) is 15.3 Å². The molecule has 0 aliphatic carbocycles. The number of rotatable bonds is 6. The highest BCUT2D eigenvalue weighted by Gasteiger charge is 2.43. The lowest BCUT2D eigenvalue weighted by molar-refractivity contribution is -0.301. The van der Waals surface area contributed by atoms with E-state index in [1.165, 1.54) is 0 Å². The van der Waals surface area contributed by atoms with Crippen molar-refractivity contribution in [1.82, 2.24) is 0 Å². The van der Waals surface area contributed by atoms with Crippen LogP contribution >= 0.6 is 0 Å². The number of hydrogen-bond donors (Lipinski definition) is 4. The molecule has 0 bridgehead atoms. The second-order valence-electron chi connectivity index (χ2n) is 3.88. The molecule has 1 unspecified atom stereocenters. The van der Waals surface area contributed by atoms with E-state index in [0.717, 1.165) is 0 Å². The smallest absolute Gasteiger partial charge is 0.186 e. The van der Waals surface area contributed by atoms with E-state index in [0.29, 0.717) is 6.42 Å². The Kier molecular flexibility index (Phi) is 6.30. The summed E-state index contributed by atoms with van der Waals surface area (Å²) >= 11 is 0. The van der Waals surface area contributed by atoms with Gasteiger partial charge in [-0.3, -0.25) is 0 Å². The molecule has 5 atom stereocenters. The zero-order chi connectivity index (χ0) is 13.5. The van der Waals surface area contributed by atoms with Gasteiger partial charge in [-0.25, -0.2) is 0 Å². The van der Waals surface area contributed by atoms with Crippen LogP contribution in [0.5, 0.6) is 0 Å². The Morgan fingerprint density at radius 3 is 2.56 bits per heavy atom. The molecule has 18 heavy (non-hydrogen) atoms. The van der Waals surface area contributed by atoms with Gasteiger partial charge in [0.05, 0.1) is 6.61 Å². The lowest BCUT2D eigenvalue weighted by atomic mass is 9.99. The predicted octanol–water partition coefficient (Wildman–Crippen LogP) is -1.50. The zero-order valence-electron chi connectivity index (χ0n) is 9.66. The van der Waals surface area contributed by atoms with E-state index < -0.39 is 37.3 Å². The van der Waals surface area contributed by atoms with Gasteiger partial charge < -0.3 is 29.9 Å². The molecule has 1 heterocycles. The Bertz CT molecular complexity index is 296. The first kappa shape index (κ1) is 15.1. The molecule has 1 aliphatic heterocycles. The van der Waals surface area contributed by atoms with Gasteiger partial charge in [-0.1, -0.05) is 5.11 Å². The summed E-state index contributed by atoms with van der Waals surface area (Å²) in [7, 11) is 0. The molecule has 104 valence electrons. The van der Waals surface area contributed by atoms with Gasteiger partial charge in [-0.2, -0.15) is 0 Å². The largest absolute Gasteiger partial charge is 0.394 e. The summed E-state index contributed by atoms with van der Waals surface area (Å²) in [5.41, 5.74) is 8.05. The fourth-order valence-corrected chi connectivity index (χ4v) is 1.58. The van der Waals surface area contributed by atoms with E-state index >= 15 is 0 Å². The zero-order valence-corrected chi connectivity index (χ0v) is 9.66. The number of ether oxygens (including phenoxy) is 2. The maximum atomic E-state index is 9.60.